The molecule has 70 valence electrons. The van der Waals surface area contributed by atoms with Gasteiger partial charge in [-0.1, -0.05) is 34.6 Å². The van der Waals surface area contributed by atoms with Crippen molar-refractivity contribution in [2.24, 2.45) is 16.3 Å². The van der Waals surface area contributed by atoms with Crippen molar-refractivity contribution in [3.8, 4) is 0 Å². The van der Waals surface area contributed by atoms with E-state index in [4.69, 9.17) is 4.99 Å². The summed E-state index contributed by atoms with van der Waals surface area (Å²) in [5, 5.41) is 1.33. The topological polar surface area (TPSA) is 12.4 Å². The van der Waals surface area contributed by atoms with Crippen LogP contribution < -0.4 is 0 Å². The Hall–Kier alpha value is 0.0200. The summed E-state index contributed by atoms with van der Waals surface area (Å²) < 4.78 is 0. The molecular weight excluding hydrogens is 166 g/mol. The lowest BCUT2D eigenvalue weighted by Crippen LogP contribution is -2.15. The largest absolute Gasteiger partial charge is 0.278 e. The lowest BCUT2D eigenvalue weighted by Gasteiger charge is -2.17. The van der Waals surface area contributed by atoms with Gasteiger partial charge in [-0.05, 0) is 5.92 Å². The molecule has 0 aromatic rings. The molecule has 0 fully saturated rings. The predicted molar refractivity (Wildman–Crippen MR) is 58.0 cm³/mol. The van der Waals surface area contributed by atoms with Crippen molar-refractivity contribution in [3.05, 3.63) is 0 Å². The maximum atomic E-state index is 4.74. The molecule has 0 radical (unpaired) electrons. The molecule has 1 heterocycles. The number of aliphatic imine (C=N–C) groups is 1. The normalized spacial score (nSPS) is 24.8. The first kappa shape index (κ1) is 10.1. The van der Waals surface area contributed by atoms with E-state index in [1.165, 1.54) is 10.8 Å². The van der Waals surface area contributed by atoms with Gasteiger partial charge < -0.3 is 0 Å². The maximum absolute atomic E-state index is 4.74. The van der Waals surface area contributed by atoms with Crippen molar-refractivity contribution in [2.75, 3.05) is 5.75 Å². The van der Waals surface area contributed by atoms with Gasteiger partial charge in [-0.3, -0.25) is 4.99 Å². The number of hydrogen-bond donors (Lipinski definition) is 0. The molecule has 1 aliphatic rings. The van der Waals surface area contributed by atoms with Crippen LogP contribution in [0.15, 0.2) is 4.99 Å². The zero-order chi connectivity index (χ0) is 9.35. The quantitative estimate of drug-likeness (QED) is 0.611. The van der Waals surface area contributed by atoms with Crippen molar-refractivity contribution in [1.82, 2.24) is 0 Å². The summed E-state index contributed by atoms with van der Waals surface area (Å²) in [5.41, 5.74) is 0.258. The van der Waals surface area contributed by atoms with Crippen molar-refractivity contribution < 1.29 is 0 Å². The average molecular weight is 185 g/mol. The van der Waals surface area contributed by atoms with Crippen molar-refractivity contribution in [2.45, 2.75) is 40.7 Å². The van der Waals surface area contributed by atoms with E-state index in [0.717, 1.165) is 0 Å². The summed E-state index contributed by atoms with van der Waals surface area (Å²) in [6.07, 6.45) is 0. The van der Waals surface area contributed by atoms with Crippen LogP contribution in [0.5, 0.6) is 0 Å². The molecule has 0 spiro atoms. The molecule has 0 aromatic heterocycles. The standard InChI is InChI=1S/C10H19NS/c1-7(2)8-6-12-9(11-8)10(3,4)5/h7-8H,6H2,1-5H3. The Kier molecular flexibility index (Phi) is 2.87. The van der Waals surface area contributed by atoms with Gasteiger partial charge in [-0.25, -0.2) is 0 Å². The summed E-state index contributed by atoms with van der Waals surface area (Å²) >= 11 is 1.94. The Balaban J connectivity index is 2.66. The van der Waals surface area contributed by atoms with E-state index in [1.54, 1.807) is 0 Å². The van der Waals surface area contributed by atoms with Crippen LogP contribution in [0.4, 0.5) is 0 Å². The second-order valence-electron chi connectivity index (χ2n) is 4.81. The molecule has 1 atom stereocenters. The second-order valence-corrected chi connectivity index (χ2v) is 5.82. The Bertz CT molecular complexity index is 189. The van der Waals surface area contributed by atoms with Crippen LogP contribution in [0.25, 0.3) is 0 Å². The number of nitrogens with zero attached hydrogens (tertiary/aromatic N) is 1. The van der Waals surface area contributed by atoms with Gasteiger partial charge in [0.05, 0.1) is 11.1 Å². The average Bonchev–Trinajstić information content (AvgIpc) is 2.30. The van der Waals surface area contributed by atoms with E-state index in [-0.39, 0.29) is 5.41 Å². The van der Waals surface area contributed by atoms with Gasteiger partial charge in [0.1, 0.15) is 0 Å². The van der Waals surface area contributed by atoms with Gasteiger partial charge in [-0.15, -0.1) is 11.8 Å². The van der Waals surface area contributed by atoms with Crippen LogP contribution in [-0.2, 0) is 0 Å². The van der Waals surface area contributed by atoms with Gasteiger partial charge in [0.25, 0.3) is 0 Å². The van der Waals surface area contributed by atoms with Crippen molar-refractivity contribution >= 4 is 16.8 Å². The van der Waals surface area contributed by atoms with Crippen molar-refractivity contribution in [1.29, 1.82) is 0 Å². The third-order valence-corrected chi connectivity index (χ3v) is 3.58. The van der Waals surface area contributed by atoms with Crippen LogP contribution >= 0.6 is 11.8 Å². The first-order chi connectivity index (χ1) is 5.41. The minimum atomic E-state index is 0.258. The fourth-order valence-corrected chi connectivity index (χ4v) is 2.57. The Morgan fingerprint density at radius 1 is 1.42 bits per heavy atom. The van der Waals surface area contributed by atoms with E-state index in [1.807, 2.05) is 11.8 Å². The summed E-state index contributed by atoms with van der Waals surface area (Å²) in [4.78, 5) is 4.74. The van der Waals surface area contributed by atoms with Crippen molar-refractivity contribution in [3.63, 3.8) is 0 Å². The van der Waals surface area contributed by atoms with E-state index in [9.17, 15) is 0 Å². The molecule has 12 heavy (non-hydrogen) atoms. The number of rotatable bonds is 1. The fraction of sp³-hybridized carbons (Fsp3) is 0.900. The molecule has 1 nitrogen and oxygen atoms in total. The van der Waals surface area contributed by atoms with Crippen LogP contribution in [0.3, 0.4) is 0 Å². The zero-order valence-corrected chi connectivity index (χ0v) is 9.53. The number of thioether (sulfide) groups is 1. The Morgan fingerprint density at radius 2 is 2.00 bits per heavy atom. The lowest BCUT2D eigenvalue weighted by atomic mass is 9.98. The smallest absolute Gasteiger partial charge is 0.0734 e. The molecule has 1 rings (SSSR count). The lowest BCUT2D eigenvalue weighted by molar-refractivity contribution is 0.532. The molecule has 0 aromatic carbocycles. The van der Waals surface area contributed by atoms with Crippen LogP contribution in [0.2, 0.25) is 0 Å². The van der Waals surface area contributed by atoms with E-state index in [0.29, 0.717) is 12.0 Å². The minimum Gasteiger partial charge on any atom is -0.278 e. The van der Waals surface area contributed by atoms with Crippen LogP contribution in [0, 0.1) is 11.3 Å². The molecule has 0 amide bonds. The molecule has 1 aliphatic heterocycles. The number of hydrogen-bond acceptors (Lipinski definition) is 2. The highest BCUT2D eigenvalue weighted by Crippen LogP contribution is 2.32. The van der Waals surface area contributed by atoms with Crippen LogP contribution in [-0.4, -0.2) is 16.8 Å². The first-order valence-electron chi connectivity index (χ1n) is 4.62. The SMILES string of the molecule is CC(C)C1CSC(C(C)(C)C)=N1. The fourth-order valence-electron chi connectivity index (χ4n) is 1.14. The molecular formula is C10H19NS. The van der Waals surface area contributed by atoms with E-state index < -0.39 is 0 Å². The van der Waals surface area contributed by atoms with Gasteiger partial charge in [0.2, 0.25) is 0 Å². The van der Waals surface area contributed by atoms with Gasteiger partial charge in [-0.2, -0.15) is 0 Å². The summed E-state index contributed by atoms with van der Waals surface area (Å²) in [7, 11) is 0. The highest BCUT2D eigenvalue weighted by molar-refractivity contribution is 8.14. The monoisotopic (exact) mass is 185 g/mol. The summed E-state index contributed by atoms with van der Waals surface area (Å²) in [6.45, 7) is 11.2. The molecule has 0 N–H and O–H groups in total. The molecule has 0 bridgehead atoms. The van der Waals surface area contributed by atoms with Gasteiger partial charge >= 0.3 is 0 Å². The molecule has 1 unspecified atom stereocenters. The molecule has 0 aliphatic carbocycles. The zero-order valence-electron chi connectivity index (χ0n) is 8.72. The maximum Gasteiger partial charge on any atom is 0.0734 e. The summed E-state index contributed by atoms with van der Waals surface area (Å²) in [6, 6.07) is 0.559. The molecule has 0 saturated carbocycles. The highest BCUT2D eigenvalue weighted by atomic mass is 32.2. The molecule has 2 heteroatoms. The van der Waals surface area contributed by atoms with Crippen LogP contribution in [0.1, 0.15) is 34.6 Å². The molecule has 0 saturated heterocycles. The second kappa shape index (κ2) is 3.41. The Morgan fingerprint density at radius 3 is 2.25 bits per heavy atom. The van der Waals surface area contributed by atoms with E-state index in [2.05, 4.69) is 34.6 Å². The first-order valence-corrected chi connectivity index (χ1v) is 5.61. The third kappa shape index (κ3) is 2.25. The van der Waals surface area contributed by atoms with E-state index >= 15 is 0 Å². The highest BCUT2D eigenvalue weighted by Gasteiger charge is 2.28. The minimum absolute atomic E-state index is 0.258. The predicted octanol–water partition coefficient (Wildman–Crippen LogP) is 3.20. The Labute approximate surface area is 80.0 Å². The third-order valence-electron chi connectivity index (χ3n) is 2.09. The van der Waals surface area contributed by atoms with Gasteiger partial charge in [0.15, 0.2) is 0 Å². The summed E-state index contributed by atoms with van der Waals surface area (Å²) in [5.74, 6) is 1.88. The van der Waals surface area contributed by atoms with Gasteiger partial charge in [0, 0.05) is 11.2 Å².